The third kappa shape index (κ3) is 3.96. The molecule has 0 aliphatic rings. The lowest BCUT2D eigenvalue weighted by atomic mass is 10.1. The summed E-state index contributed by atoms with van der Waals surface area (Å²) in [6.07, 6.45) is -0.251. The molecule has 0 aromatic carbocycles. The van der Waals surface area contributed by atoms with Crippen LogP contribution in [-0.2, 0) is 4.79 Å². The summed E-state index contributed by atoms with van der Waals surface area (Å²) in [5.74, 6) is -0.472. The fourth-order valence-corrected chi connectivity index (χ4v) is 1.83. The van der Waals surface area contributed by atoms with E-state index in [0.29, 0.717) is 17.1 Å². The molecule has 0 fully saturated rings. The van der Waals surface area contributed by atoms with Gasteiger partial charge in [-0.3, -0.25) is 14.8 Å². The van der Waals surface area contributed by atoms with E-state index in [-0.39, 0.29) is 6.42 Å². The number of nitrogens with zero attached hydrogens (tertiary/aromatic N) is 4. The fraction of sp³-hybridized carbons (Fsp3) is 0.188. The molecule has 2 heterocycles. The molecule has 0 bridgehead atoms. The smallest absolute Gasteiger partial charge is 0.254 e. The zero-order chi connectivity index (χ0) is 15.9. The van der Waals surface area contributed by atoms with Crippen molar-refractivity contribution in [3.8, 4) is 6.07 Å². The van der Waals surface area contributed by atoms with Crippen LogP contribution >= 0.6 is 0 Å². The summed E-state index contributed by atoms with van der Waals surface area (Å²) in [7, 11) is 0. The van der Waals surface area contributed by atoms with Crippen LogP contribution in [0.5, 0.6) is 0 Å². The van der Waals surface area contributed by atoms with Gasteiger partial charge in [-0.1, -0.05) is 12.1 Å². The van der Waals surface area contributed by atoms with Gasteiger partial charge in [-0.2, -0.15) is 10.4 Å². The summed E-state index contributed by atoms with van der Waals surface area (Å²) in [6, 6.07) is 12.8. The van der Waals surface area contributed by atoms with Crippen LogP contribution in [0.1, 0.15) is 29.2 Å². The first kappa shape index (κ1) is 15.3. The maximum atomic E-state index is 11.5. The van der Waals surface area contributed by atoms with Crippen molar-refractivity contribution in [1.29, 1.82) is 5.26 Å². The van der Waals surface area contributed by atoms with Crippen molar-refractivity contribution in [3.63, 3.8) is 0 Å². The Bertz CT molecular complexity index is 714. The molecule has 0 radical (unpaired) electrons. The SMILES string of the molecule is Cc1cccc(C(=NNC(=O)CC#N)c2cccc(C)n2)n1. The van der Waals surface area contributed by atoms with Gasteiger partial charge in [0.1, 0.15) is 12.1 Å². The lowest BCUT2D eigenvalue weighted by Crippen LogP contribution is -2.21. The average molecular weight is 293 g/mol. The third-order valence-corrected chi connectivity index (χ3v) is 2.79. The van der Waals surface area contributed by atoms with E-state index in [1.54, 1.807) is 18.2 Å². The highest BCUT2D eigenvalue weighted by Crippen LogP contribution is 2.08. The Kier molecular flexibility index (Phi) is 4.94. The zero-order valence-corrected chi connectivity index (χ0v) is 12.4. The maximum absolute atomic E-state index is 11.5. The van der Waals surface area contributed by atoms with Gasteiger partial charge in [0.15, 0.2) is 0 Å². The number of nitriles is 1. The normalized spacial score (nSPS) is 9.68. The van der Waals surface area contributed by atoms with Crippen molar-refractivity contribution in [2.75, 3.05) is 0 Å². The standard InChI is InChI=1S/C16H15N5O/c1-11-5-3-7-13(18-11)16(21-20-15(22)9-10-17)14-8-4-6-12(2)19-14/h3-8H,9H2,1-2H3,(H,20,22). The van der Waals surface area contributed by atoms with Crippen molar-refractivity contribution < 1.29 is 4.79 Å². The Morgan fingerprint density at radius 1 is 1.14 bits per heavy atom. The highest BCUT2D eigenvalue weighted by molar-refractivity contribution is 6.10. The van der Waals surface area contributed by atoms with Crippen molar-refractivity contribution in [3.05, 3.63) is 59.2 Å². The van der Waals surface area contributed by atoms with E-state index >= 15 is 0 Å². The average Bonchev–Trinajstić information content (AvgIpc) is 2.48. The molecule has 0 saturated heterocycles. The van der Waals surface area contributed by atoms with E-state index in [1.807, 2.05) is 38.1 Å². The van der Waals surface area contributed by atoms with Gasteiger partial charge in [-0.05, 0) is 38.1 Å². The van der Waals surface area contributed by atoms with E-state index in [9.17, 15) is 4.79 Å². The monoisotopic (exact) mass is 293 g/mol. The molecule has 2 rings (SSSR count). The van der Waals surface area contributed by atoms with E-state index in [2.05, 4.69) is 20.5 Å². The number of hydrogen-bond acceptors (Lipinski definition) is 5. The molecular weight excluding hydrogens is 278 g/mol. The van der Waals surface area contributed by atoms with Gasteiger partial charge >= 0.3 is 0 Å². The summed E-state index contributed by atoms with van der Waals surface area (Å²) < 4.78 is 0. The van der Waals surface area contributed by atoms with Gasteiger partial charge in [-0.25, -0.2) is 5.43 Å². The first-order chi connectivity index (χ1) is 10.6. The number of aromatic nitrogens is 2. The molecule has 0 unspecified atom stereocenters. The topological polar surface area (TPSA) is 91.0 Å². The summed E-state index contributed by atoms with van der Waals surface area (Å²) in [6.45, 7) is 3.75. The number of hydrazone groups is 1. The number of pyridine rings is 2. The minimum absolute atomic E-state index is 0.251. The van der Waals surface area contributed by atoms with Gasteiger partial charge in [-0.15, -0.1) is 0 Å². The highest BCUT2D eigenvalue weighted by Gasteiger charge is 2.11. The molecule has 0 spiro atoms. The van der Waals surface area contributed by atoms with Gasteiger partial charge < -0.3 is 0 Å². The van der Waals surface area contributed by atoms with E-state index in [1.165, 1.54) is 0 Å². The van der Waals surface area contributed by atoms with Crippen molar-refractivity contribution in [2.45, 2.75) is 20.3 Å². The lowest BCUT2D eigenvalue weighted by molar-refractivity contribution is -0.120. The minimum atomic E-state index is -0.472. The van der Waals surface area contributed by atoms with Gasteiger partial charge in [0, 0.05) is 11.4 Å². The highest BCUT2D eigenvalue weighted by atomic mass is 16.2. The van der Waals surface area contributed by atoms with E-state index in [4.69, 9.17) is 5.26 Å². The van der Waals surface area contributed by atoms with Crippen LogP contribution in [0.4, 0.5) is 0 Å². The summed E-state index contributed by atoms with van der Waals surface area (Å²) in [5.41, 5.74) is 5.71. The van der Waals surface area contributed by atoms with Crippen LogP contribution in [0, 0.1) is 25.2 Å². The number of carbonyl (C=O) groups is 1. The number of carbonyl (C=O) groups excluding carboxylic acids is 1. The van der Waals surface area contributed by atoms with Crippen LogP contribution < -0.4 is 5.43 Å². The summed E-state index contributed by atoms with van der Waals surface area (Å²) >= 11 is 0. The molecule has 0 saturated carbocycles. The summed E-state index contributed by atoms with van der Waals surface area (Å²) in [5, 5.41) is 12.6. The Morgan fingerprint density at radius 3 is 2.14 bits per heavy atom. The Hall–Kier alpha value is -3.07. The van der Waals surface area contributed by atoms with Crippen LogP contribution in [0.15, 0.2) is 41.5 Å². The zero-order valence-electron chi connectivity index (χ0n) is 12.4. The second kappa shape index (κ2) is 7.09. The molecule has 6 nitrogen and oxygen atoms in total. The first-order valence-corrected chi connectivity index (χ1v) is 6.71. The number of rotatable bonds is 4. The van der Waals surface area contributed by atoms with Crippen LogP contribution in [-0.4, -0.2) is 21.6 Å². The number of hydrogen-bond donors (Lipinski definition) is 1. The lowest BCUT2D eigenvalue weighted by Gasteiger charge is -2.07. The Morgan fingerprint density at radius 2 is 1.68 bits per heavy atom. The molecule has 1 amide bonds. The van der Waals surface area contributed by atoms with Gasteiger partial charge in [0.2, 0.25) is 0 Å². The molecule has 2 aromatic rings. The van der Waals surface area contributed by atoms with Crippen molar-refractivity contribution in [2.24, 2.45) is 5.10 Å². The molecule has 2 aromatic heterocycles. The molecule has 22 heavy (non-hydrogen) atoms. The van der Waals surface area contributed by atoms with E-state index in [0.717, 1.165) is 11.4 Å². The molecule has 1 N–H and O–H groups in total. The summed E-state index contributed by atoms with van der Waals surface area (Å²) in [4.78, 5) is 20.3. The van der Waals surface area contributed by atoms with Crippen LogP contribution in [0.2, 0.25) is 0 Å². The largest absolute Gasteiger partial charge is 0.272 e. The van der Waals surface area contributed by atoms with E-state index < -0.39 is 5.91 Å². The minimum Gasteiger partial charge on any atom is -0.272 e. The molecule has 0 aliphatic heterocycles. The molecule has 6 heteroatoms. The number of nitrogens with one attached hydrogen (secondary N) is 1. The Labute approximate surface area is 128 Å². The predicted octanol–water partition coefficient (Wildman–Crippen LogP) is 1.88. The van der Waals surface area contributed by atoms with Crippen molar-refractivity contribution in [1.82, 2.24) is 15.4 Å². The third-order valence-electron chi connectivity index (χ3n) is 2.79. The Balaban J connectivity index is 2.43. The second-order valence-corrected chi connectivity index (χ2v) is 4.66. The molecule has 0 aliphatic carbocycles. The molecular formula is C16H15N5O. The predicted molar refractivity (Wildman–Crippen MR) is 82.0 cm³/mol. The number of aryl methyl sites for hydroxylation is 2. The maximum Gasteiger partial charge on any atom is 0.254 e. The van der Waals surface area contributed by atoms with Gasteiger partial charge in [0.05, 0.1) is 17.5 Å². The van der Waals surface area contributed by atoms with Crippen LogP contribution in [0.3, 0.4) is 0 Å². The first-order valence-electron chi connectivity index (χ1n) is 6.71. The second-order valence-electron chi connectivity index (χ2n) is 4.66. The molecule has 0 atom stereocenters. The van der Waals surface area contributed by atoms with Crippen molar-refractivity contribution >= 4 is 11.6 Å². The molecule has 110 valence electrons. The number of amides is 1. The fourth-order valence-electron chi connectivity index (χ4n) is 1.83. The van der Waals surface area contributed by atoms with Crippen LogP contribution in [0.25, 0.3) is 0 Å². The van der Waals surface area contributed by atoms with Gasteiger partial charge in [0.25, 0.3) is 5.91 Å². The quantitative estimate of drug-likeness (QED) is 0.688.